The largest absolute Gasteiger partial charge is 0.495 e. The van der Waals surface area contributed by atoms with E-state index in [2.05, 4.69) is 4.98 Å². The summed E-state index contributed by atoms with van der Waals surface area (Å²) >= 11 is 0. The number of fused-ring (bicyclic) bond motifs is 1. The summed E-state index contributed by atoms with van der Waals surface area (Å²) in [6.45, 7) is 1.89. The highest BCUT2D eigenvalue weighted by Gasteiger charge is 2.42. The molecule has 2 aliphatic heterocycles. The fourth-order valence-corrected chi connectivity index (χ4v) is 5.26. The maximum Gasteiger partial charge on any atom is 0.250 e. The summed E-state index contributed by atoms with van der Waals surface area (Å²) in [6.07, 6.45) is 6.24. The number of imidazole rings is 1. The predicted molar refractivity (Wildman–Crippen MR) is 127 cm³/mol. The number of ether oxygens (including phenoxy) is 1. The first-order chi connectivity index (χ1) is 17.2. The lowest BCUT2D eigenvalue weighted by molar-refractivity contribution is -0.139. The summed E-state index contributed by atoms with van der Waals surface area (Å²) in [5.41, 5.74) is 3.12. The number of rotatable bonds is 4. The molecule has 0 saturated carbocycles. The Balaban J connectivity index is 1.47. The average Bonchev–Trinajstić information content (AvgIpc) is 3.29. The lowest BCUT2D eigenvalue weighted by atomic mass is 9.82. The van der Waals surface area contributed by atoms with Crippen molar-refractivity contribution in [2.75, 3.05) is 7.11 Å². The van der Waals surface area contributed by atoms with Crippen LogP contribution in [0.3, 0.4) is 0 Å². The van der Waals surface area contributed by atoms with Gasteiger partial charge in [-0.1, -0.05) is 6.07 Å². The number of methoxy groups -OCH3 is 1. The number of halogens is 3. The Morgan fingerprint density at radius 3 is 2.56 bits per heavy atom. The van der Waals surface area contributed by atoms with Crippen molar-refractivity contribution in [1.82, 2.24) is 14.5 Å². The lowest BCUT2D eigenvalue weighted by Crippen LogP contribution is -2.52. The van der Waals surface area contributed by atoms with Gasteiger partial charge in [-0.25, -0.2) is 18.2 Å². The molecule has 36 heavy (non-hydrogen) atoms. The molecule has 6 nitrogen and oxygen atoms in total. The van der Waals surface area contributed by atoms with Crippen LogP contribution in [0, 0.1) is 24.4 Å². The maximum absolute atomic E-state index is 14.0. The normalized spacial score (nSPS) is 23.2. The van der Waals surface area contributed by atoms with E-state index >= 15 is 0 Å². The van der Waals surface area contributed by atoms with Gasteiger partial charge in [-0.3, -0.25) is 4.79 Å². The summed E-state index contributed by atoms with van der Waals surface area (Å²) in [7, 11) is 1.57. The van der Waals surface area contributed by atoms with E-state index in [9.17, 15) is 23.1 Å². The van der Waals surface area contributed by atoms with E-state index in [1.807, 2.05) is 35.9 Å². The van der Waals surface area contributed by atoms with E-state index < -0.39 is 29.6 Å². The topological polar surface area (TPSA) is 67.6 Å². The molecular formula is C27H26F3N3O3. The number of piperidine rings is 2. The van der Waals surface area contributed by atoms with Gasteiger partial charge in [0.1, 0.15) is 5.75 Å². The molecule has 188 valence electrons. The fraction of sp³-hybridized carbons (Fsp3) is 0.333. The molecule has 2 saturated heterocycles. The Labute approximate surface area is 206 Å². The highest BCUT2D eigenvalue weighted by atomic mass is 19.2. The number of carbonyl (C=O) groups is 1. The minimum atomic E-state index is -1.56. The molecule has 0 spiro atoms. The summed E-state index contributed by atoms with van der Waals surface area (Å²) in [6, 6.07) is 6.37. The summed E-state index contributed by atoms with van der Waals surface area (Å²) in [5, 5.41) is 10.4. The van der Waals surface area contributed by atoms with E-state index in [1.54, 1.807) is 24.4 Å². The third-order valence-corrected chi connectivity index (χ3v) is 6.95. The Kier molecular flexibility index (Phi) is 6.34. The Bertz CT molecular complexity index is 1330. The van der Waals surface area contributed by atoms with Crippen molar-refractivity contribution < 1.29 is 27.8 Å². The number of nitrogens with zero attached hydrogens (tertiary/aromatic N) is 3. The molecule has 9 heteroatoms. The zero-order chi connectivity index (χ0) is 25.6. The molecule has 3 aromatic rings. The number of aliphatic hydroxyl groups is 1. The van der Waals surface area contributed by atoms with Crippen LogP contribution in [0.4, 0.5) is 13.2 Å². The molecule has 5 rings (SSSR count). The predicted octanol–water partition coefficient (Wildman–Crippen LogP) is 4.88. The minimum absolute atomic E-state index is 0.118. The molecule has 3 heterocycles. The van der Waals surface area contributed by atoms with E-state index in [4.69, 9.17) is 4.74 Å². The van der Waals surface area contributed by atoms with Crippen LogP contribution in [0.1, 0.15) is 48.5 Å². The molecule has 2 unspecified atom stereocenters. The quantitative estimate of drug-likeness (QED) is 0.412. The second-order valence-corrected chi connectivity index (χ2v) is 9.37. The van der Waals surface area contributed by atoms with Gasteiger partial charge < -0.3 is 19.3 Å². The van der Waals surface area contributed by atoms with Gasteiger partial charge in [0.25, 0.3) is 5.91 Å². The number of hydrogen-bond acceptors (Lipinski definition) is 4. The smallest absolute Gasteiger partial charge is 0.250 e. The fourth-order valence-electron chi connectivity index (χ4n) is 5.26. The molecule has 0 aliphatic carbocycles. The summed E-state index contributed by atoms with van der Waals surface area (Å²) < 4.78 is 49.0. The van der Waals surface area contributed by atoms with Crippen molar-refractivity contribution in [2.45, 2.75) is 50.8 Å². The second kappa shape index (κ2) is 9.46. The van der Waals surface area contributed by atoms with Crippen LogP contribution in [0.15, 0.2) is 48.4 Å². The molecule has 3 atom stereocenters. The standard InChI is InChI=1S/C27H26F3N3O3/c1-15-13-32(14-31-15)23-6-3-16(8-25(23)36-2)7-17-4-5-19-11-20(34)12-24(33(19)27(17)35)18-9-21(28)26(30)22(29)10-18/h3,6-10,13-14,19-20,24,34H,4-5,11-12H2,1-2H3/b17-7-/t19-,20?,24?/m0/s1. The number of aliphatic hydroxyl groups excluding tert-OH is 1. The van der Waals surface area contributed by atoms with E-state index in [0.29, 0.717) is 30.6 Å². The van der Waals surface area contributed by atoms with Crippen LogP contribution < -0.4 is 4.74 Å². The van der Waals surface area contributed by atoms with Gasteiger partial charge >= 0.3 is 0 Å². The van der Waals surface area contributed by atoms with Crippen LogP contribution in [0.25, 0.3) is 11.8 Å². The van der Waals surface area contributed by atoms with Gasteiger partial charge in [-0.05, 0) is 74.1 Å². The van der Waals surface area contributed by atoms with Crippen LogP contribution in [0.5, 0.6) is 5.75 Å². The monoisotopic (exact) mass is 497 g/mol. The number of benzene rings is 2. The van der Waals surface area contributed by atoms with Gasteiger partial charge in [0, 0.05) is 17.8 Å². The molecule has 2 aromatic carbocycles. The summed E-state index contributed by atoms with van der Waals surface area (Å²) in [4.78, 5) is 19.4. The highest BCUT2D eigenvalue weighted by molar-refractivity contribution is 5.99. The van der Waals surface area contributed by atoms with Gasteiger partial charge in [-0.2, -0.15) is 0 Å². The molecule has 2 aliphatic rings. The van der Waals surface area contributed by atoms with Gasteiger partial charge in [-0.15, -0.1) is 0 Å². The molecule has 1 amide bonds. The number of aromatic nitrogens is 2. The Morgan fingerprint density at radius 2 is 1.89 bits per heavy atom. The van der Waals surface area contributed by atoms with Gasteiger partial charge in [0.05, 0.1) is 37.0 Å². The third-order valence-electron chi connectivity index (χ3n) is 6.95. The molecule has 0 radical (unpaired) electrons. The van der Waals surface area contributed by atoms with Crippen LogP contribution in [-0.4, -0.2) is 44.7 Å². The van der Waals surface area contributed by atoms with Crippen molar-refractivity contribution in [3.63, 3.8) is 0 Å². The first kappa shape index (κ1) is 24.1. The SMILES string of the molecule is COc1cc(/C=C2/CC[C@H]3CC(O)CC(c4cc(F)c(F)c(F)c4)N3C2=O)ccc1-n1cnc(C)c1. The molecule has 0 bridgehead atoms. The Hall–Kier alpha value is -3.59. The van der Waals surface area contributed by atoms with Gasteiger partial charge in [0.15, 0.2) is 17.5 Å². The number of amides is 1. The first-order valence-electron chi connectivity index (χ1n) is 11.8. The maximum atomic E-state index is 14.0. The second-order valence-electron chi connectivity index (χ2n) is 9.37. The minimum Gasteiger partial charge on any atom is -0.495 e. The van der Waals surface area contributed by atoms with Crippen LogP contribution in [-0.2, 0) is 4.79 Å². The molecular weight excluding hydrogens is 471 g/mol. The number of hydrogen-bond donors (Lipinski definition) is 1. The van der Waals surface area contributed by atoms with Gasteiger partial charge in [0.2, 0.25) is 0 Å². The zero-order valence-electron chi connectivity index (χ0n) is 19.9. The molecule has 2 fully saturated rings. The number of carbonyl (C=O) groups excluding carboxylic acids is 1. The van der Waals surface area contributed by atoms with Crippen molar-refractivity contribution in [3.05, 3.63) is 82.7 Å². The molecule has 1 aromatic heterocycles. The van der Waals surface area contributed by atoms with Crippen molar-refractivity contribution in [3.8, 4) is 11.4 Å². The Morgan fingerprint density at radius 1 is 1.14 bits per heavy atom. The highest BCUT2D eigenvalue weighted by Crippen LogP contribution is 2.41. The first-order valence-corrected chi connectivity index (χ1v) is 11.8. The summed E-state index contributed by atoms with van der Waals surface area (Å²) in [5.74, 6) is -3.84. The van der Waals surface area contributed by atoms with E-state index in [0.717, 1.165) is 29.1 Å². The van der Waals surface area contributed by atoms with Crippen LogP contribution in [0.2, 0.25) is 0 Å². The van der Waals surface area contributed by atoms with Crippen molar-refractivity contribution in [2.24, 2.45) is 0 Å². The van der Waals surface area contributed by atoms with E-state index in [1.165, 1.54) is 0 Å². The number of aryl methyl sites for hydroxylation is 1. The van der Waals surface area contributed by atoms with E-state index in [-0.39, 0.29) is 23.9 Å². The molecule has 1 N–H and O–H groups in total. The van der Waals surface area contributed by atoms with Crippen LogP contribution >= 0.6 is 0 Å². The third kappa shape index (κ3) is 4.39. The average molecular weight is 498 g/mol. The van der Waals surface area contributed by atoms with Crippen molar-refractivity contribution >= 4 is 12.0 Å². The zero-order valence-corrected chi connectivity index (χ0v) is 19.9. The van der Waals surface area contributed by atoms with Crippen molar-refractivity contribution in [1.29, 1.82) is 0 Å². The lowest BCUT2D eigenvalue weighted by Gasteiger charge is -2.47.